The summed E-state index contributed by atoms with van der Waals surface area (Å²) in [6.45, 7) is 2.77. The Morgan fingerprint density at radius 3 is 2.30 bits per heavy atom. The molecule has 3 heterocycles. The lowest BCUT2D eigenvalue weighted by molar-refractivity contribution is -0.192. The highest BCUT2D eigenvalue weighted by molar-refractivity contribution is 6.00. The molecule has 0 saturated heterocycles. The molecule has 12 heteroatoms. The molecule has 8 nitrogen and oxygen atoms in total. The highest BCUT2D eigenvalue weighted by Gasteiger charge is 2.65. The maximum atomic E-state index is 13.5. The average molecular weight is 558 g/mol. The molecular formula is C28H27F4N5O3. The predicted octanol–water partition coefficient (Wildman–Crippen LogP) is 5.49. The number of aliphatic carboxylic acids is 1. The van der Waals surface area contributed by atoms with Gasteiger partial charge >= 0.3 is 12.1 Å². The van der Waals surface area contributed by atoms with Crippen molar-refractivity contribution in [2.75, 3.05) is 16.8 Å². The van der Waals surface area contributed by atoms with Crippen molar-refractivity contribution in [2.24, 2.45) is 5.41 Å². The minimum atomic E-state index is -5.08. The Kier molecular flexibility index (Phi) is 6.97. The number of fused-ring (bicyclic) bond motifs is 1. The van der Waals surface area contributed by atoms with Crippen LogP contribution >= 0.6 is 0 Å². The van der Waals surface area contributed by atoms with E-state index in [-0.39, 0.29) is 11.7 Å². The van der Waals surface area contributed by atoms with Crippen LogP contribution in [-0.2, 0) is 21.4 Å². The first-order valence-electron chi connectivity index (χ1n) is 12.9. The average Bonchev–Trinajstić information content (AvgIpc) is 3.69. The lowest BCUT2D eigenvalue weighted by Crippen LogP contribution is -2.52. The van der Waals surface area contributed by atoms with Crippen molar-refractivity contribution in [3.63, 3.8) is 0 Å². The molecule has 1 aromatic carbocycles. The third kappa shape index (κ3) is 5.47. The van der Waals surface area contributed by atoms with E-state index in [0.29, 0.717) is 11.1 Å². The Labute approximate surface area is 227 Å². The highest BCUT2D eigenvalue weighted by atomic mass is 19.4. The van der Waals surface area contributed by atoms with Crippen LogP contribution < -0.4 is 10.2 Å². The van der Waals surface area contributed by atoms with Crippen molar-refractivity contribution in [2.45, 2.75) is 57.0 Å². The summed E-state index contributed by atoms with van der Waals surface area (Å²) in [5.74, 6) is -1.50. The van der Waals surface area contributed by atoms with Gasteiger partial charge < -0.3 is 15.3 Å². The van der Waals surface area contributed by atoms with Gasteiger partial charge in [0.1, 0.15) is 17.5 Å². The molecule has 1 spiro atoms. The number of anilines is 3. The second-order valence-electron chi connectivity index (χ2n) is 10.6. The summed E-state index contributed by atoms with van der Waals surface area (Å²) >= 11 is 0. The zero-order valence-corrected chi connectivity index (χ0v) is 21.6. The molecule has 2 saturated carbocycles. The van der Waals surface area contributed by atoms with E-state index in [1.54, 1.807) is 18.3 Å². The summed E-state index contributed by atoms with van der Waals surface area (Å²) in [5.41, 5.74) is 3.20. The summed E-state index contributed by atoms with van der Waals surface area (Å²) in [4.78, 5) is 38.5. The second kappa shape index (κ2) is 10.1. The van der Waals surface area contributed by atoms with Gasteiger partial charge in [0, 0.05) is 18.4 Å². The molecule has 0 atom stereocenters. The minimum Gasteiger partial charge on any atom is -0.475 e. The topological polar surface area (TPSA) is 108 Å². The fraction of sp³-hybridized carbons (Fsp3) is 0.393. The van der Waals surface area contributed by atoms with E-state index in [1.165, 1.54) is 25.0 Å². The predicted molar refractivity (Wildman–Crippen MR) is 138 cm³/mol. The number of benzene rings is 1. The van der Waals surface area contributed by atoms with Crippen LogP contribution in [0.25, 0.3) is 0 Å². The van der Waals surface area contributed by atoms with Gasteiger partial charge in [-0.25, -0.2) is 19.2 Å². The van der Waals surface area contributed by atoms with Crippen LogP contribution in [-0.4, -0.2) is 44.7 Å². The number of rotatable bonds is 4. The Morgan fingerprint density at radius 2 is 1.70 bits per heavy atom. The zero-order chi connectivity index (χ0) is 28.7. The number of aromatic nitrogens is 3. The monoisotopic (exact) mass is 557 g/mol. The SMILES string of the molecule is Cc1nccc(N2CCCc3nc(C4(C(=O)Nc5ccc(F)cc5)CC5(CC5)C4)ccc32)n1.O=C(O)C(F)(F)F. The molecule has 2 aromatic heterocycles. The molecule has 0 unspecified atom stereocenters. The van der Waals surface area contributed by atoms with Gasteiger partial charge in [-0.1, -0.05) is 0 Å². The fourth-order valence-corrected chi connectivity index (χ4v) is 5.55. The van der Waals surface area contributed by atoms with Crippen molar-refractivity contribution in [3.8, 4) is 0 Å². The number of carboxylic acids is 1. The van der Waals surface area contributed by atoms with Crippen LogP contribution in [0, 0.1) is 18.2 Å². The van der Waals surface area contributed by atoms with Crippen LogP contribution in [0.1, 0.15) is 49.3 Å². The Morgan fingerprint density at radius 1 is 1.02 bits per heavy atom. The minimum absolute atomic E-state index is 0.0434. The lowest BCUT2D eigenvalue weighted by Gasteiger charge is -2.47. The molecule has 2 aliphatic carbocycles. The Bertz CT molecular complexity index is 1430. The van der Waals surface area contributed by atoms with Crippen LogP contribution in [0.2, 0.25) is 0 Å². The zero-order valence-electron chi connectivity index (χ0n) is 21.6. The van der Waals surface area contributed by atoms with Crippen molar-refractivity contribution < 1.29 is 32.3 Å². The normalized spacial score (nSPS) is 18.1. The van der Waals surface area contributed by atoms with Gasteiger partial charge in [0.2, 0.25) is 5.91 Å². The number of carbonyl (C=O) groups excluding carboxylic acids is 1. The molecule has 0 bridgehead atoms. The molecule has 1 aliphatic heterocycles. The standard InChI is InChI=1S/C26H26FN5O.C2HF3O2/c1-17-28-13-10-23(29-17)32-14-2-3-20-21(32)8-9-22(31-20)26(15-25(16-26)11-12-25)24(33)30-19-6-4-18(27)5-7-19;3-2(4,5)1(6)7/h4-10,13H,2-3,11-12,14-16H2,1H3,(H,30,33);(H,6,7). The first kappa shape index (κ1) is 27.5. The van der Waals surface area contributed by atoms with E-state index in [9.17, 15) is 22.4 Å². The number of nitrogens with one attached hydrogen (secondary N) is 1. The van der Waals surface area contributed by atoms with E-state index in [4.69, 9.17) is 14.9 Å². The molecule has 40 heavy (non-hydrogen) atoms. The van der Waals surface area contributed by atoms with Gasteiger partial charge in [0.05, 0.1) is 22.5 Å². The molecule has 2 fully saturated rings. The van der Waals surface area contributed by atoms with Crippen molar-refractivity contribution in [3.05, 3.63) is 71.7 Å². The van der Waals surface area contributed by atoms with Crippen LogP contribution in [0.15, 0.2) is 48.7 Å². The van der Waals surface area contributed by atoms with E-state index >= 15 is 0 Å². The van der Waals surface area contributed by atoms with E-state index < -0.39 is 17.6 Å². The van der Waals surface area contributed by atoms with E-state index in [2.05, 4.69) is 26.3 Å². The fourth-order valence-electron chi connectivity index (χ4n) is 5.55. The quantitative estimate of drug-likeness (QED) is 0.409. The van der Waals surface area contributed by atoms with E-state index in [0.717, 1.165) is 60.9 Å². The summed E-state index contributed by atoms with van der Waals surface area (Å²) in [5, 5.41) is 10.1. The van der Waals surface area contributed by atoms with Gasteiger partial charge in [-0.05, 0) is 93.3 Å². The molecule has 1 amide bonds. The number of hydrogen-bond acceptors (Lipinski definition) is 6. The Balaban J connectivity index is 0.000000411. The molecule has 210 valence electrons. The number of halogens is 4. The van der Waals surface area contributed by atoms with Gasteiger partial charge in [-0.2, -0.15) is 13.2 Å². The summed E-state index contributed by atoms with van der Waals surface area (Å²) in [6, 6.07) is 12.0. The number of nitrogens with zero attached hydrogens (tertiary/aromatic N) is 4. The smallest absolute Gasteiger partial charge is 0.475 e. The molecule has 2 N–H and O–H groups in total. The highest BCUT2D eigenvalue weighted by Crippen LogP contribution is 2.69. The maximum absolute atomic E-state index is 13.5. The van der Waals surface area contributed by atoms with Crippen molar-refractivity contribution >= 4 is 29.1 Å². The van der Waals surface area contributed by atoms with Gasteiger partial charge in [0.15, 0.2) is 0 Å². The van der Waals surface area contributed by atoms with Crippen LogP contribution in [0.3, 0.4) is 0 Å². The Hall–Kier alpha value is -4.09. The van der Waals surface area contributed by atoms with Gasteiger partial charge in [-0.15, -0.1) is 0 Å². The molecule has 3 aromatic rings. The number of carbonyl (C=O) groups is 2. The molecular weight excluding hydrogens is 530 g/mol. The van der Waals surface area contributed by atoms with Gasteiger partial charge in [0.25, 0.3) is 0 Å². The lowest BCUT2D eigenvalue weighted by atomic mass is 9.57. The summed E-state index contributed by atoms with van der Waals surface area (Å²) in [6.07, 6.45) is 2.58. The number of amides is 1. The summed E-state index contributed by atoms with van der Waals surface area (Å²) in [7, 11) is 0. The molecule has 0 radical (unpaired) electrons. The number of alkyl halides is 3. The second-order valence-corrected chi connectivity index (χ2v) is 10.6. The van der Waals surface area contributed by atoms with Crippen LogP contribution in [0.4, 0.5) is 34.8 Å². The molecule has 6 rings (SSSR count). The third-order valence-corrected chi connectivity index (χ3v) is 7.65. The number of hydrogen-bond donors (Lipinski definition) is 2. The third-order valence-electron chi connectivity index (χ3n) is 7.65. The van der Waals surface area contributed by atoms with Crippen LogP contribution in [0.5, 0.6) is 0 Å². The molecule has 3 aliphatic rings. The number of aryl methyl sites for hydroxylation is 2. The first-order chi connectivity index (χ1) is 18.9. The van der Waals surface area contributed by atoms with Crippen molar-refractivity contribution in [1.82, 2.24) is 15.0 Å². The first-order valence-corrected chi connectivity index (χ1v) is 12.9. The number of pyridine rings is 1. The summed E-state index contributed by atoms with van der Waals surface area (Å²) < 4.78 is 45.0. The maximum Gasteiger partial charge on any atom is 0.490 e. The largest absolute Gasteiger partial charge is 0.490 e. The van der Waals surface area contributed by atoms with Gasteiger partial charge in [-0.3, -0.25) is 9.78 Å². The van der Waals surface area contributed by atoms with E-state index in [1.807, 2.05) is 19.1 Å². The van der Waals surface area contributed by atoms with Crippen molar-refractivity contribution in [1.29, 1.82) is 0 Å². The number of carboxylic acid groups (broad SMARTS) is 1.